The van der Waals surface area contributed by atoms with Crippen molar-refractivity contribution in [2.24, 2.45) is 0 Å². The van der Waals surface area contributed by atoms with Crippen LogP contribution < -0.4 is 5.32 Å². The number of aliphatic hydroxyl groups excluding tert-OH is 1. The number of rotatable bonds is 3. The molecule has 0 atom stereocenters. The van der Waals surface area contributed by atoms with Crippen molar-refractivity contribution in [1.82, 2.24) is 5.32 Å². The maximum absolute atomic E-state index is 13.4. The molecule has 0 spiro atoms. The van der Waals surface area contributed by atoms with Gasteiger partial charge in [0.05, 0.1) is 12.2 Å². The Balaban J connectivity index is 2.95. The van der Waals surface area contributed by atoms with Crippen LogP contribution in [-0.2, 0) is 0 Å². The molecule has 0 unspecified atom stereocenters. The predicted octanol–water partition coefficient (Wildman–Crippen LogP) is 1.31. The summed E-state index contributed by atoms with van der Waals surface area (Å²) in [4.78, 5) is 11.5. The van der Waals surface area contributed by atoms with E-state index in [2.05, 4.69) is 17.2 Å². The molecule has 0 heterocycles. The standard InChI is InChI=1S/C13H14FNO2/c1-2-15-13(17)11-9-10(5-3-4-8-16)6-7-12(11)14/h6-7,9,16H,2,4,8H2,1H3,(H,15,17). The van der Waals surface area contributed by atoms with Gasteiger partial charge in [0.1, 0.15) is 5.82 Å². The number of hydrogen-bond acceptors (Lipinski definition) is 2. The Hall–Kier alpha value is -1.86. The van der Waals surface area contributed by atoms with Crippen LogP contribution in [0.25, 0.3) is 0 Å². The van der Waals surface area contributed by atoms with Gasteiger partial charge in [-0.1, -0.05) is 11.8 Å². The van der Waals surface area contributed by atoms with Crippen LogP contribution in [-0.4, -0.2) is 24.2 Å². The third kappa shape index (κ3) is 3.89. The molecular formula is C13H14FNO2. The molecule has 1 aromatic carbocycles. The summed E-state index contributed by atoms with van der Waals surface area (Å²) in [6.07, 6.45) is 0.355. The zero-order valence-electron chi connectivity index (χ0n) is 9.59. The Kier molecular flexibility index (Phi) is 5.18. The van der Waals surface area contributed by atoms with E-state index in [1.165, 1.54) is 18.2 Å². The Morgan fingerprint density at radius 1 is 1.53 bits per heavy atom. The minimum Gasteiger partial charge on any atom is -0.395 e. The summed E-state index contributed by atoms with van der Waals surface area (Å²) in [5, 5.41) is 11.1. The third-order valence-electron chi connectivity index (χ3n) is 2.02. The second-order valence-corrected chi connectivity index (χ2v) is 3.33. The number of nitrogens with one attached hydrogen (secondary N) is 1. The summed E-state index contributed by atoms with van der Waals surface area (Å²) in [6, 6.07) is 4.13. The first kappa shape index (κ1) is 13.2. The summed E-state index contributed by atoms with van der Waals surface area (Å²) < 4.78 is 13.4. The third-order valence-corrected chi connectivity index (χ3v) is 2.02. The highest BCUT2D eigenvalue weighted by molar-refractivity contribution is 5.94. The highest BCUT2D eigenvalue weighted by atomic mass is 19.1. The summed E-state index contributed by atoms with van der Waals surface area (Å²) in [6.45, 7) is 2.19. The molecule has 0 radical (unpaired) electrons. The van der Waals surface area contributed by atoms with Crippen molar-refractivity contribution in [1.29, 1.82) is 0 Å². The first-order chi connectivity index (χ1) is 8.19. The van der Waals surface area contributed by atoms with Gasteiger partial charge >= 0.3 is 0 Å². The monoisotopic (exact) mass is 235 g/mol. The number of halogens is 1. The second-order valence-electron chi connectivity index (χ2n) is 3.33. The Morgan fingerprint density at radius 3 is 2.94 bits per heavy atom. The SMILES string of the molecule is CCNC(=O)c1cc(C#CCCO)ccc1F. The van der Waals surface area contributed by atoms with Gasteiger partial charge in [-0.3, -0.25) is 4.79 Å². The van der Waals surface area contributed by atoms with E-state index in [1.54, 1.807) is 6.92 Å². The van der Waals surface area contributed by atoms with Crippen LogP contribution in [0, 0.1) is 17.7 Å². The lowest BCUT2D eigenvalue weighted by Crippen LogP contribution is -2.23. The number of amides is 1. The lowest BCUT2D eigenvalue weighted by atomic mass is 10.1. The minimum absolute atomic E-state index is 0.0114. The number of hydrogen-bond donors (Lipinski definition) is 2. The van der Waals surface area contributed by atoms with Gasteiger partial charge in [-0.05, 0) is 25.1 Å². The molecule has 1 rings (SSSR count). The molecule has 0 aliphatic carbocycles. The van der Waals surface area contributed by atoms with E-state index in [1.807, 2.05) is 0 Å². The Bertz CT molecular complexity index is 460. The lowest BCUT2D eigenvalue weighted by Gasteiger charge is -2.03. The molecule has 0 bridgehead atoms. The van der Waals surface area contributed by atoms with E-state index >= 15 is 0 Å². The van der Waals surface area contributed by atoms with Gasteiger partial charge in [-0.2, -0.15) is 0 Å². The molecule has 3 nitrogen and oxygen atoms in total. The first-order valence-corrected chi connectivity index (χ1v) is 5.36. The zero-order chi connectivity index (χ0) is 12.7. The molecule has 0 aliphatic rings. The molecule has 0 fully saturated rings. The summed E-state index contributed by atoms with van der Waals surface area (Å²) in [7, 11) is 0. The minimum atomic E-state index is -0.566. The molecule has 1 aromatic rings. The van der Waals surface area contributed by atoms with Crippen molar-refractivity contribution in [2.75, 3.05) is 13.2 Å². The zero-order valence-corrected chi connectivity index (χ0v) is 9.59. The maximum Gasteiger partial charge on any atom is 0.254 e. The topological polar surface area (TPSA) is 49.3 Å². The first-order valence-electron chi connectivity index (χ1n) is 5.36. The van der Waals surface area contributed by atoms with E-state index in [4.69, 9.17) is 5.11 Å². The molecule has 1 amide bonds. The van der Waals surface area contributed by atoms with Crippen LogP contribution in [0.2, 0.25) is 0 Å². The normalized spacial score (nSPS) is 9.35. The molecule has 0 aromatic heterocycles. The number of carbonyl (C=O) groups excluding carboxylic acids is 1. The second kappa shape index (κ2) is 6.66. The van der Waals surface area contributed by atoms with Gasteiger partial charge in [0.25, 0.3) is 5.91 Å². The van der Waals surface area contributed by atoms with Gasteiger partial charge in [0, 0.05) is 18.5 Å². The highest BCUT2D eigenvalue weighted by Gasteiger charge is 2.10. The molecule has 4 heteroatoms. The van der Waals surface area contributed by atoms with Crippen LogP contribution in [0.5, 0.6) is 0 Å². The molecular weight excluding hydrogens is 221 g/mol. The smallest absolute Gasteiger partial charge is 0.254 e. The van der Waals surface area contributed by atoms with Gasteiger partial charge in [-0.25, -0.2) is 4.39 Å². The Labute approximate surface area is 99.7 Å². The maximum atomic E-state index is 13.4. The molecule has 0 aliphatic heterocycles. The number of aliphatic hydroxyl groups is 1. The van der Waals surface area contributed by atoms with E-state index in [9.17, 15) is 9.18 Å². The van der Waals surface area contributed by atoms with Gasteiger partial charge in [-0.15, -0.1) is 0 Å². The number of benzene rings is 1. The van der Waals surface area contributed by atoms with Crippen molar-refractivity contribution in [3.63, 3.8) is 0 Å². The van der Waals surface area contributed by atoms with E-state index < -0.39 is 11.7 Å². The summed E-state index contributed by atoms with van der Waals surface area (Å²) in [5.74, 6) is 4.45. The van der Waals surface area contributed by atoms with Crippen LogP contribution >= 0.6 is 0 Å². The van der Waals surface area contributed by atoms with Crippen molar-refractivity contribution < 1.29 is 14.3 Å². The fraction of sp³-hybridized carbons (Fsp3) is 0.308. The van der Waals surface area contributed by atoms with Gasteiger partial charge in [0.2, 0.25) is 0 Å². The van der Waals surface area contributed by atoms with E-state index in [-0.39, 0.29) is 12.2 Å². The highest BCUT2D eigenvalue weighted by Crippen LogP contribution is 2.10. The van der Waals surface area contributed by atoms with Crippen molar-refractivity contribution in [3.05, 3.63) is 35.1 Å². The van der Waals surface area contributed by atoms with Crippen LogP contribution in [0.1, 0.15) is 29.3 Å². The lowest BCUT2D eigenvalue weighted by molar-refractivity contribution is 0.0952. The van der Waals surface area contributed by atoms with Crippen molar-refractivity contribution >= 4 is 5.91 Å². The number of carbonyl (C=O) groups is 1. The molecule has 0 saturated carbocycles. The predicted molar refractivity (Wildman–Crippen MR) is 63.0 cm³/mol. The summed E-state index contributed by atoms with van der Waals surface area (Å²) in [5.41, 5.74) is 0.545. The van der Waals surface area contributed by atoms with Gasteiger partial charge in [0.15, 0.2) is 0 Å². The quantitative estimate of drug-likeness (QED) is 0.776. The Morgan fingerprint density at radius 2 is 2.29 bits per heavy atom. The van der Waals surface area contributed by atoms with Gasteiger partial charge < -0.3 is 10.4 Å². The largest absolute Gasteiger partial charge is 0.395 e. The molecule has 90 valence electrons. The van der Waals surface area contributed by atoms with Crippen LogP contribution in [0.15, 0.2) is 18.2 Å². The molecule has 0 saturated heterocycles. The van der Waals surface area contributed by atoms with Crippen LogP contribution in [0.3, 0.4) is 0 Å². The van der Waals surface area contributed by atoms with Crippen molar-refractivity contribution in [3.8, 4) is 11.8 Å². The summed E-state index contributed by atoms with van der Waals surface area (Å²) >= 11 is 0. The fourth-order valence-electron chi connectivity index (χ4n) is 1.25. The van der Waals surface area contributed by atoms with Crippen LogP contribution in [0.4, 0.5) is 4.39 Å². The van der Waals surface area contributed by atoms with Crippen molar-refractivity contribution in [2.45, 2.75) is 13.3 Å². The van der Waals surface area contributed by atoms with E-state index in [0.717, 1.165) is 0 Å². The average molecular weight is 235 g/mol. The molecule has 2 N–H and O–H groups in total. The average Bonchev–Trinajstić information content (AvgIpc) is 2.32. The molecule has 17 heavy (non-hydrogen) atoms. The van der Waals surface area contributed by atoms with E-state index in [0.29, 0.717) is 18.5 Å². The fourth-order valence-corrected chi connectivity index (χ4v) is 1.25.